The van der Waals surface area contributed by atoms with Gasteiger partial charge in [0.25, 0.3) is 0 Å². The van der Waals surface area contributed by atoms with E-state index in [2.05, 4.69) is 0 Å². The molecule has 5 nitrogen and oxygen atoms in total. The van der Waals surface area contributed by atoms with Gasteiger partial charge in [0, 0.05) is 19.0 Å². The summed E-state index contributed by atoms with van der Waals surface area (Å²) in [5, 5.41) is 18.0. The van der Waals surface area contributed by atoms with E-state index in [0.717, 1.165) is 5.56 Å². The molecule has 19 heavy (non-hydrogen) atoms. The van der Waals surface area contributed by atoms with Crippen molar-refractivity contribution in [2.75, 3.05) is 13.1 Å². The lowest BCUT2D eigenvalue weighted by atomic mass is 9.87. The molecule has 1 aromatic carbocycles. The number of carbonyl (C=O) groups is 2. The van der Waals surface area contributed by atoms with E-state index >= 15 is 0 Å². The maximum absolute atomic E-state index is 11.9. The predicted molar refractivity (Wildman–Crippen MR) is 68.7 cm³/mol. The van der Waals surface area contributed by atoms with Gasteiger partial charge in [-0.25, -0.2) is 0 Å². The molecule has 1 fully saturated rings. The zero-order valence-corrected chi connectivity index (χ0v) is 10.7. The van der Waals surface area contributed by atoms with Crippen LogP contribution in [0.25, 0.3) is 0 Å². The predicted octanol–water partition coefficient (Wildman–Crippen LogP) is 1.11. The van der Waals surface area contributed by atoms with Gasteiger partial charge in [-0.2, -0.15) is 0 Å². The molecule has 0 aliphatic carbocycles. The van der Waals surface area contributed by atoms with Crippen molar-refractivity contribution in [2.24, 2.45) is 11.8 Å². The fraction of sp³-hybridized carbons (Fsp3) is 0.429. The maximum Gasteiger partial charge on any atom is 0.306 e. The third kappa shape index (κ3) is 3.05. The number of likely N-dealkylation sites (tertiary alicyclic amines) is 1. The van der Waals surface area contributed by atoms with Crippen LogP contribution < -0.4 is 0 Å². The molecule has 2 N–H and O–H groups in total. The van der Waals surface area contributed by atoms with Crippen LogP contribution in [0.2, 0.25) is 0 Å². The number of phenolic OH excluding ortho intramolecular Hbond substituents is 1. The first-order valence-corrected chi connectivity index (χ1v) is 6.26. The van der Waals surface area contributed by atoms with Crippen molar-refractivity contribution in [3.8, 4) is 5.75 Å². The molecule has 0 aromatic heterocycles. The molecular weight excluding hydrogens is 246 g/mol. The van der Waals surface area contributed by atoms with E-state index in [1.807, 2.05) is 0 Å². The smallest absolute Gasteiger partial charge is 0.306 e. The highest BCUT2D eigenvalue weighted by Gasteiger charge is 2.36. The Hall–Kier alpha value is -2.04. The van der Waals surface area contributed by atoms with Crippen molar-refractivity contribution in [2.45, 2.75) is 13.3 Å². The SMILES string of the molecule is CC(C(=O)O)C1CN(C(=O)Cc2ccc(O)cc2)C1. The van der Waals surface area contributed by atoms with Gasteiger partial charge in [-0.1, -0.05) is 19.1 Å². The number of carbonyl (C=O) groups excluding carboxylic acids is 1. The number of amides is 1. The standard InChI is InChI=1S/C14H17NO4/c1-9(14(18)19)11-7-15(8-11)13(17)6-10-2-4-12(16)5-3-10/h2-5,9,11,16H,6-8H2,1H3,(H,18,19). The van der Waals surface area contributed by atoms with E-state index in [1.54, 1.807) is 36.1 Å². The van der Waals surface area contributed by atoms with Crippen LogP contribution in [-0.2, 0) is 16.0 Å². The van der Waals surface area contributed by atoms with Crippen molar-refractivity contribution in [3.05, 3.63) is 29.8 Å². The van der Waals surface area contributed by atoms with Crippen molar-refractivity contribution in [1.29, 1.82) is 0 Å². The third-order valence-electron chi connectivity index (χ3n) is 3.65. The summed E-state index contributed by atoms with van der Waals surface area (Å²) in [5.74, 6) is -0.982. The van der Waals surface area contributed by atoms with Crippen molar-refractivity contribution >= 4 is 11.9 Å². The molecule has 0 saturated carbocycles. The summed E-state index contributed by atoms with van der Waals surface area (Å²) in [5.41, 5.74) is 0.845. The molecule has 0 spiro atoms. The van der Waals surface area contributed by atoms with Crippen molar-refractivity contribution in [3.63, 3.8) is 0 Å². The molecule has 1 aromatic rings. The van der Waals surface area contributed by atoms with E-state index in [0.29, 0.717) is 13.1 Å². The molecule has 2 rings (SSSR count). The van der Waals surface area contributed by atoms with Gasteiger partial charge in [-0.3, -0.25) is 9.59 Å². The van der Waals surface area contributed by atoms with Crippen LogP contribution in [0.5, 0.6) is 5.75 Å². The van der Waals surface area contributed by atoms with E-state index < -0.39 is 11.9 Å². The molecule has 1 atom stereocenters. The maximum atomic E-state index is 11.9. The summed E-state index contributed by atoms with van der Waals surface area (Å²) >= 11 is 0. The zero-order chi connectivity index (χ0) is 14.0. The number of hydrogen-bond acceptors (Lipinski definition) is 3. The fourth-order valence-corrected chi connectivity index (χ4v) is 2.13. The second-order valence-corrected chi connectivity index (χ2v) is 5.03. The first-order chi connectivity index (χ1) is 8.97. The van der Waals surface area contributed by atoms with E-state index in [1.165, 1.54) is 0 Å². The van der Waals surface area contributed by atoms with Gasteiger partial charge in [0.2, 0.25) is 5.91 Å². The number of carboxylic acid groups (broad SMARTS) is 1. The summed E-state index contributed by atoms with van der Waals surface area (Å²) < 4.78 is 0. The second-order valence-electron chi connectivity index (χ2n) is 5.03. The van der Waals surface area contributed by atoms with Crippen LogP contribution in [0.1, 0.15) is 12.5 Å². The molecular formula is C14H17NO4. The molecule has 5 heteroatoms. The van der Waals surface area contributed by atoms with Crippen molar-refractivity contribution < 1.29 is 19.8 Å². The number of benzene rings is 1. The Morgan fingerprint density at radius 1 is 1.32 bits per heavy atom. The molecule has 1 aliphatic rings. The minimum absolute atomic E-state index is 0.000437. The van der Waals surface area contributed by atoms with Crippen LogP contribution in [0.4, 0.5) is 0 Å². The van der Waals surface area contributed by atoms with E-state index in [-0.39, 0.29) is 24.0 Å². The van der Waals surface area contributed by atoms with Gasteiger partial charge >= 0.3 is 5.97 Å². The largest absolute Gasteiger partial charge is 0.508 e. The average molecular weight is 263 g/mol. The minimum atomic E-state index is -0.810. The molecule has 1 aliphatic heterocycles. The molecule has 102 valence electrons. The highest BCUT2D eigenvalue weighted by Crippen LogP contribution is 2.24. The summed E-state index contributed by atoms with van der Waals surface area (Å²) in [4.78, 5) is 24.4. The van der Waals surface area contributed by atoms with Crippen LogP contribution >= 0.6 is 0 Å². The lowest BCUT2D eigenvalue weighted by Crippen LogP contribution is -2.53. The highest BCUT2D eigenvalue weighted by atomic mass is 16.4. The Bertz CT molecular complexity index is 477. The molecule has 1 amide bonds. The van der Waals surface area contributed by atoms with Gasteiger partial charge in [0.1, 0.15) is 5.75 Å². The van der Waals surface area contributed by atoms with E-state index in [9.17, 15) is 9.59 Å². The number of phenols is 1. The van der Waals surface area contributed by atoms with Gasteiger partial charge in [-0.15, -0.1) is 0 Å². The average Bonchev–Trinajstić information content (AvgIpc) is 2.30. The van der Waals surface area contributed by atoms with Gasteiger partial charge < -0.3 is 15.1 Å². The summed E-state index contributed by atoms with van der Waals surface area (Å²) in [6.45, 7) is 2.71. The van der Waals surface area contributed by atoms with Gasteiger partial charge in [0.05, 0.1) is 12.3 Å². The number of hydrogen-bond donors (Lipinski definition) is 2. The first-order valence-electron chi connectivity index (χ1n) is 6.26. The Kier molecular flexibility index (Phi) is 3.74. The number of aliphatic carboxylic acids is 1. The zero-order valence-electron chi connectivity index (χ0n) is 10.7. The van der Waals surface area contributed by atoms with Crippen molar-refractivity contribution in [1.82, 2.24) is 4.90 Å². The van der Waals surface area contributed by atoms with Gasteiger partial charge in [-0.05, 0) is 17.7 Å². The Morgan fingerprint density at radius 3 is 2.42 bits per heavy atom. The van der Waals surface area contributed by atoms with E-state index in [4.69, 9.17) is 10.2 Å². The summed E-state index contributed by atoms with van der Waals surface area (Å²) in [6, 6.07) is 6.52. The third-order valence-corrected chi connectivity index (χ3v) is 3.65. The number of aromatic hydroxyl groups is 1. The first kappa shape index (κ1) is 13.4. The molecule has 1 unspecified atom stereocenters. The number of carboxylic acids is 1. The summed E-state index contributed by atoms with van der Waals surface area (Å²) in [6.07, 6.45) is 0.286. The monoisotopic (exact) mass is 263 g/mol. The normalized spacial score (nSPS) is 16.8. The van der Waals surface area contributed by atoms with Crippen LogP contribution in [0.3, 0.4) is 0 Å². The molecule has 1 saturated heterocycles. The Labute approximate surface area is 111 Å². The Balaban J connectivity index is 1.83. The summed E-state index contributed by atoms with van der Waals surface area (Å²) in [7, 11) is 0. The number of rotatable bonds is 4. The lowest BCUT2D eigenvalue weighted by Gasteiger charge is -2.41. The molecule has 1 heterocycles. The second kappa shape index (κ2) is 5.30. The minimum Gasteiger partial charge on any atom is -0.508 e. The molecule has 0 bridgehead atoms. The topological polar surface area (TPSA) is 77.8 Å². The van der Waals surface area contributed by atoms with Crippen LogP contribution in [0.15, 0.2) is 24.3 Å². The number of nitrogens with zero attached hydrogens (tertiary/aromatic N) is 1. The van der Waals surface area contributed by atoms with Crippen LogP contribution in [0, 0.1) is 11.8 Å². The quantitative estimate of drug-likeness (QED) is 0.853. The molecule has 0 radical (unpaired) electrons. The lowest BCUT2D eigenvalue weighted by molar-refractivity contribution is -0.150. The Morgan fingerprint density at radius 2 is 1.89 bits per heavy atom. The van der Waals surface area contributed by atoms with Crippen LogP contribution in [-0.4, -0.2) is 40.1 Å². The highest BCUT2D eigenvalue weighted by molar-refractivity contribution is 5.80. The fourth-order valence-electron chi connectivity index (χ4n) is 2.13. The van der Waals surface area contributed by atoms with Gasteiger partial charge in [0.15, 0.2) is 0 Å².